The topological polar surface area (TPSA) is 129 Å². The normalized spacial score (nSPS) is 15.8. The number of hydrogen-bond acceptors (Lipinski definition) is 7. The molecule has 32 heavy (non-hydrogen) atoms. The monoisotopic (exact) mass is 454 g/mol. The van der Waals surface area contributed by atoms with Crippen molar-refractivity contribution in [3.8, 4) is 6.07 Å². The van der Waals surface area contributed by atoms with Crippen molar-refractivity contribution in [3.05, 3.63) is 60.2 Å². The molecule has 166 valence electrons. The van der Waals surface area contributed by atoms with Gasteiger partial charge < -0.3 is 9.64 Å². The van der Waals surface area contributed by atoms with Gasteiger partial charge >= 0.3 is 5.97 Å². The molecule has 10 heteroatoms. The third-order valence-electron chi connectivity index (χ3n) is 4.69. The first kappa shape index (κ1) is 23.0. The summed E-state index contributed by atoms with van der Waals surface area (Å²) in [5, 5.41) is 8.88. The lowest BCUT2D eigenvalue weighted by Crippen LogP contribution is -2.40. The van der Waals surface area contributed by atoms with Crippen molar-refractivity contribution in [3.63, 3.8) is 0 Å². The second-order valence-electron chi connectivity index (χ2n) is 6.95. The number of carbonyl (C=O) groups excluding carboxylic acids is 2. The maximum absolute atomic E-state index is 12.8. The molecule has 3 rings (SSSR count). The van der Waals surface area contributed by atoms with Crippen molar-refractivity contribution in [2.75, 3.05) is 18.0 Å². The number of esters is 1. The Morgan fingerprint density at radius 3 is 2.56 bits per heavy atom. The number of ether oxygens (including phenoxy) is 1. The van der Waals surface area contributed by atoms with Gasteiger partial charge in [-0.25, -0.2) is 8.42 Å². The van der Waals surface area contributed by atoms with Gasteiger partial charge in [0.05, 0.1) is 30.4 Å². The Labute approximate surface area is 186 Å². The Hall–Kier alpha value is -3.71. The van der Waals surface area contributed by atoms with Gasteiger partial charge in [0.2, 0.25) is 0 Å². The van der Waals surface area contributed by atoms with Gasteiger partial charge in [0, 0.05) is 17.8 Å². The van der Waals surface area contributed by atoms with E-state index in [1.807, 2.05) is 12.1 Å². The minimum Gasteiger partial charge on any atom is -0.452 e. The van der Waals surface area contributed by atoms with Crippen molar-refractivity contribution in [2.24, 2.45) is 4.99 Å². The molecule has 0 spiro atoms. The zero-order valence-electron chi connectivity index (χ0n) is 17.4. The summed E-state index contributed by atoms with van der Waals surface area (Å²) in [6, 6.07) is 17.3. The lowest BCUT2D eigenvalue weighted by atomic mass is 10.2. The van der Waals surface area contributed by atoms with Gasteiger partial charge in [-0.2, -0.15) is 5.26 Å². The highest BCUT2D eigenvalue weighted by Gasteiger charge is 2.30. The van der Waals surface area contributed by atoms with Crippen LogP contribution < -0.4 is 9.62 Å². The molecular weight excluding hydrogens is 432 g/mol. The predicted molar refractivity (Wildman–Crippen MR) is 117 cm³/mol. The molecule has 1 N–H and O–H groups in total. The van der Waals surface area contributed by atoms with Gasteiger partial charge in [0.25, 0.3) is 15.9 Å². The molecule has 0 aliphatic carbocycles. The Kier molecular flexibility index (Phi) is 7.22. The second-order valence-corrected chi connectivity index (χ2v) is 8.60. The number of aliphatic imine (C=N–C) groups is 1. The van der Waals surface area contributed by atoms with Crippen LogP contribution in [-0.4, -0.2) is 45.3 Å². The Bertz CT molecular complexity index is 1170. The summed E-state index contributed by atoms with van der Waals surface area (Å²) in [5.41, 5.74) is 1.05. The third kappa shape index (κ3) is 5.31. The molecule has 1 aliphatic heterocycles. The number of nitrogens with one attached hydrogen (secondary N) is 1. The summed E-state index contributed by atoms with van der Waals surface area (Å²) in [5.74, 6) is -0.912. The summed E-state index contributed by atoms with van der Waals surface area (Å²) < 4.78 is 31.8. The smallest absolute Gasteiger partial charge is 0.308 e. The highest BCUT2D eigenvalue weighted by atomic mass is 32.2. The van der Waals surface area contributed by atoms with Crippen LogP contribution >= 0.6 is 0 Å². The highest BCUT2D eigenvalue weighted by Crippen LogP contribution is 2.22. The molecular formula is C22H22N4O5S. The molecule has 0 fully saturated rings. The molecule has 1 aliphatic rings. The number of benzene rings is 2. The van der Waals surface area contributed by atoms with Gasteiger partial charge in [0.1, 0.15) is 5.84 Å². The zero-order chi connectivity index (χ0) is 23.1. The van der Waals surface area contributed by atoms with Gasteiger partial charge in [-0.3, -0.25) is 19.3 Å². The number of anilines is 1. The summed E-state index contributed by atoms with van der Waals surface area (Å²) in [4.78, 5) is 30.8. The fourth-order valence-electron chi connectivity index (χ4n) is 3.17. The lowest BCUT2D eigenvalue weighted by molar-refractivity contribution is -0.153. The standard InChI is InChI=1S/C22H22N4O5S/c1-16(22(28)26(15-7-13-23)17-8-3-2-4-9-17)31-20(27)12-14-24-21-18-10-5-6-11-19(18)32(29,30)25-21/h2-6,8-11,16H,7,12,14-15H2,1H3,(H,24,25)/t16-/m1/s1. The number of para-hydroxylation sites is 1. The molecule has 1 heterocycles. The zero-order valence-corrected chi connectivity index (χ0v) is 18.2. The fraction of sp³-hybridized carbons (Fsp3) is 0.273. The number of amides is 1. The van der Waals surface area contributed by atoms with E-state index in [4.69, 9.17) is 10.00 Å². The van der Waals surface area contributed by atoms with Crippen LogP contribution in [0.15, 0.2) is 64.5 Å². The SMILES string of the molecule is C[C@@H](OC(=O)CCN=C1NS(=O)(=O)c2ccccc21)C(=O)N(CCC#N)c1ccccc1. The van der Waals surface area contributed by atoms with E-state index in [9.17, 15) is 18.0 Å². The molecule has 0 radical (unpaired) electrons. The van der Waals surface area contributed by atoms with E-state index in [2.05, 4.69) is 9.71 Å². The van der Waals surface area contributed by atoms with Crippen LogP contribution in [0.1, 0.15) is 25.3 Å². The number of nitrogens with zero attached hydrogens (tertiary/aromatic N) is 3. The predicted octanol–water partition coefficient (Wildman–Crippen LogP) is 1.99. The number of hydrogen-bond donors (Lipinski definition) is 1. The maximum Gasteiger partial charge on any atom is 0.308 e. The van der Waals surface area contributed by atoms with Crippen LogP contribution in [0.2, 0.25) is 0 Å². The van der Waals surface area contributed by atoms with Crippen LogP contribution in [0.3, 0.4) is 0 Å². The Morgan fingerprint density at radius 2 is 1.84 bits per heavy atom. The summed E-state index contributed by atoms with van der Waals surface area (Å²) in [7, 11) is -3.65. The number of rotatable bonds is 8. The molecule has 1 atom stereocenters. The first-order valence-corrected chi connectivity index (χ1v) is 11.4. The molecule has 0 bridgehead atoms. The van der Waals surface area contributed by atoms with Crippen molar-refractivity contribution < 1.29 is 22.7 Å². The molecule has 1 amide bonds. The van der Waals surface area contributed by atoms with E-state index in [-0.39, 0.29) is 36.7 Å². The number of amidine groups is 1. The minimum absolute atomic E-state index is 0.0111. The van der Waals surface area contributed by atoms with Gasteiger partial charge in [-0.1, -0.05) is 30.3 Å². The molecule has 9 nitrogen and oxygen atoms in total. The maximum atomic E-state index is 12.8. The summed E-state index contributed by atoms with van der Waals surface area (Å²) in [6.07, 6.45) is -1.05. The number of sulfonamides is 1. The van der Waals surface area contributed by atoms with Crippen molar-refractivity contribution in [1.29, 1.82) is 5.26 Å². The molecule has 0 saturated heterocycles. The summed E-state index contributed by atoms with van der Waals surface area (Å²) in [6.45, 7) is 1.63. The van der Waals surface area contributed by atoms with Crippen molar-refractivity contribution in [1.82, 2.24) is 4.72 Å². The average Bonchev–Trinajstić information content (AvgIpc) is 3.05. The van der Waals surface area contributed by atoms with Crippen LogP contribution in [0.4, 0.5) is 5.69 Å². The van der Waals surface area contributed by atoms with Crippen LogP contribution in [0.5, 0.6) is 0 Å². The Morgan fingerprint density at radius 1 is 1.16 bits per heavy atom. The number of nitriles is 1. The molecule has 2 aromatic rings. The van der Waals surface area contributed by atoms with Crippen LogP contribution in [-0.2, 0) is 24.3 Å². The van der Waals surface area contributed by atoms with E-state index in [0.717, 1.165) is 0 Å². The van der Waals surface area contributed by atoms with Gasteiger partial charge in [-0.15, -0.1) is 0 Å². The van der Waals surface area contributed by atoms with Gasteiger partial charge in [-0.05, 0) is 31.2 Å². The van der Waals surface area contributed by atoms with Gasteiger partial charge in [0.15, 0.2) is 6.10 Å². The second kappa shape index (κ2) is 10.1. The van der Waals surface area contributed by atoms with E-state index in [1.54, 1.807) is 42.5 Å². The highest BCUT2D eigenvalue weighted by molar-refractivity contribution is 7.90. The van der Waals surface area contributed by atoms with E-state index in [0.29, 0.717) is 11.3 Å². The first-order chi connectivity index (χ1) is 15.3. The molecule has 2 aromatic carbocycles. The molecule has 0 saturated carbocycles. The van der Waals surface area contributed by atoms with E-state index in [1.165, 1.54) is 17.9 Å². The molecule has 0 aromatic heterocycles. The van der Waals surface area contributed by atoms with Crippen LogP contribution in [0.25, 0.3) is 0 Å². The largest absolute Gasteiger partial charge is 0.452 e. The van der Waals surface area contributed by atoms with Crippen LogP contribution in [0, 0.1) is 11.3 Å². The minimum atomic E-state index is -3.65. The average molecular weight is 455 g/mol. The van der Waals surface area contributed by atoms with Crippen molar-refractivity contribution >= 4 is 33.4 Å². The number of carbonyl (C=O) groups is 2. The third-order valence-corrected chi connectivity index (χ3v) is 6.08. The Balaban J connectivity index is 1.59. The summed E-state index contributed by atoms with van der Waals surface area (Å²) >= 11 is 0. The number of fused-ring (bicyclic) bond motifs is 1. The lowest BCUT2D eigenvalue weighted by Gasteiger charge is -2.25. The van der Waals surface area contributed by atoms with E-state index < -0.39 is 28.0 Å². The first-order valence-electron chi connectivity index (χ1n) is 9.93. The fourth-order valence-corrected chi connectivity index (χ4v) is 4.42. The quantitative estimate of drug-likeness (QED) is 0.608. The van der Waals surface area contributed by atoms with E-state index >= 15 is 0 Å². The molecule has 0 unspecified atom stereocenters. The van der Waals surface area contributed by atoms with Crippen molar-refractivity contribution in [2.45, 2.75) is 30.8 Å².